The zero-order valence-electron chi connectivity index (χ0n) is 12.3. The SMILES string of the molecule is Cc1cc(C)c(NC(=O)CNC(=O)CC(C)C)c(Cl)c1. The predicted octanol–water partition coefficient (Wildman–Crippen LogP) is 3.06. The van der Waals surface area contributed by atoms with Crippen LogP contribution in [0.3, 0.4) is 0 Å². The molecule has 0 aromatic heterocycles. The monoisotopic (exact) mass is 296 g/mol. The summed E-state index contributed by atoms with van der Waals surface area (Å²) in [4.78, 5) is 23.3. The molecule has 4 nitrogen and oxygen atoms in total. The minimum atomic E-state index is -0.282. The normalized spacial score (nSPS) is 10.5. The highest BCUT2D eigenvalue weighted by atomic mass is 35.5. The number of halogens is 1. The summed E-state index contributed by atoms with van der Waals surface area (Å²) >= 11 is 6.11. The highest BCUT2D eigenvalue weighted by Gasteiger charge is 2.11. The van der Waals surface area contributed by atoms with Gasteiger partial charge in [0, 0.05) is 6.42 Å². The van der Waals surface area contributed by atoms with Gasteiger partial charge in [-0.3, -0.25) is 9.59 Å². The topological polar surface area (TPSA) is 58.2 Å². The highest BCUT2D eigenvalue weighted by molar-refractivity contribution is 6.34. The Labute approximate surface area is 124 Å². The highest BCUT2D eigenvalue weighted by Crippen LogP contribution is 2.27. The Bertz CT molecular complexity index is 490. The number of rotatable bonds is 5. The lowest BCUT2D eigenvalue weighted by atomic mass is 10.1. The van der Waals surface area contributed by atoms with Crippen LogP contribution in [-0.2, 0) is 9.59 Å². The number of amides is 2. The molecule has 0 fully saturated rings. The van der Waals surface area contributed by atoms with Gasteiger partial charge in [0.2, 0.25) is 11.8 Å². The Morgan fingerprint density at radius 2 is 1.85 bits per heavy atom. The van der Waals surface area contributed by atoms with E-state index in [9.17, 15) is 9.59 Å². The summed E-state index contributed by atoms with van der Waals surface area (Å²) in [7, 11) is 0. The second-order valence-corrected chi connectivity index (χ2v) is 5.77. The standard InChI is InChI=1S/C15H21ClN2O2/c1-9(2)5-13(19)17-8-14(20)18-15-11(4)6-10(3)7-12(15)16/h6-7,9H,5,8H2,1-4H3,(H,17,19)(H,18,20). The second-order valence-electron chi connectivity index (χ2n) is 5.36. The number of hydrogen-bond acceptors (Lipinski definition) is 2. The molecule has 2 amide bonds. The Balaban J connectivity index is 2.57. The van der Waals surface area contributed by atoms with E-state index < -0.39 is 0 Å². The fraction of sp³-hybridized carbons (Fsp3) is 0.467. The molecule has 20 heavy (non-hydrogen) atoms. The minimum absolute atomic E-state index is 0.0464. The maximum atomic E-state index is 11.8. The van der Waals surface area contributed by atoms with Crippen molar-refractivity contribution in [3.63, 3.8) is 0 Å². The Morgan fingerprint density at radius 3 is 2.40 bits per heavy atom. The van der Waals surface area contributed by atoms with Crippen LogP contribution in [0, 0.1) is 19.8 Å². The third kappa shape index (κ3) is 5.21. The summed E-state index contributed by atoms with van der Waals surface area (Å²) in [5.74, 6) is -0.135. The van der Waals surface area contributed by atoms with Crippen LogP contribution in [0.4, 0.5) is 5.69 Å². The Kier molecular flexibility index (Phi) is 6.02. The van der Waals surface area contributed by atoms with E-state index in [1.165, 1.54) is 0 Å². The first-order valence-corrected chi connectivity index (χ1v) is 7.00. The number of anilines is 1. The smallest absolute Gasteiger partial charge is 0.243 e. The summed E-state index contributed by atoms with van der Waals surface area (Å²) in [6.07, 6.45) is 0.414. The van der Waals surface area contributed by atoms with Gasteiger partial charge in [0.1, 0.15) is 0 Å². The number of carbonyl (C=O) groups excluding carboxylic acids is 2. The summed E-state index contributed by atoms with van der Waals surface area (Å²) in [6, 6.07) is 3.74. The van der Waals surface area contributed by atoms with Crippen molar-refractivity contribution in [1.29, 1.82) is 0 Å². The molecule has 5 heteroatoms. The van der Waals surface area contributed by atoms with Gasteiger partial charge in [-0.05, 0) is 37.0 Å². The van der Waals surface area contributed by atoms with Gasteiger partial charge in [0.05, 0.1) is 17.3 Å². The second kappa shape index (κ2) is 7.29. The molecule has 1 rings (SSSR count). The van der Waals surface area contributed by atoms with E-state index in [-0.39, 0.29) is 24.3 Å². The van der Waals surface area contributed by atoms with Gasteiger partial charge in [-0.15, -0.1) is 0 Å². The average molecular weight is 297 g/mol. The zero-order valence-corrected chi connectivity index (χ0v) is 13.1. The van der Waals surface area contributed by atoms with Gasteiger partial charge < -0.3 is 10.6 Å². The molecular formula is C15H21ClN2O2. The first-order chi connectivity index (χ1) is 9.29. The van der Waals surface area contributed by atoms with E-state index in [4.69, 9.17) is 11.6 Å². The molecule has 0 saturated carbocycles. The molecule has 0 bridgehead atoms. The molecule has 0 aliphatic rings. The summed E-state index contributed by atoms with van der Waals surface area (Å²) < 4.78 is 0. The van der Waals surface area contributed by atoms with Crippen molar-refractivity contribution in [2.24, 2.45) is 5.92 Å². The van der Waals surface area contributed by atoms with Crippen molar-refractivity contribution in [2.45, 2.75) is 34.1 Å². The van der Waals surface area contributed by atoms with Gasteiger partial charge in [0.15, 0.2) is 0 Å². The molecule has 0 aliphatic carbocycles. The van der Waals surface area contributed by atoms with Crippen molar-refractivity contribution in [1.82, 2.24) is 5.32 Å². The lowest BCUT2D eigenvalue weighted by Crippen LogP contribution is -2.33. The average Bonchev–Trinajstić information content (AvgIpc) is 2.30. The molecule has 1 aromatic rings. The third-order valence-corrected chi connectivity index (χ3v) is 3.03. The predicted molar refractivity (Wildman–Crippen MR) is 82.0 cm³/mol. The molecule has 1 aromatic carbocycles. The van der Waals surface area contributed by atoms with Crippen LogP contribution in [0.5, 0.6) is 0 Å². The molecule has 0 spiro atoms. The summed E-state index contributed by atoms with van der Waals surface area (Å²) in [5, 5.41) is 5.82. The van der Waals surface area contributed by atoms with Gasteiger partial charge in [-0.25, -0.2) is 0 Å². The molecule has 0 heterocycles. The third-order valence-electron chi connectivity index (χ3n) is 2.74. The van der Waals surface area contributed by atoms with E-state index in [2.05, 4.69) is 10.6 Å². The van der Waals surface area contributed by atoms with Crippen LogP contribution < -0.4 is 10.6 Å². The van der Waals surface area contributed by atoms with Crippen molar-refractivity contribution in [3.05, 3.63) is 28.3 Å². The lowest BCUT2D eigenvalue weighted by Gasteiger charge is -2.12. The van der Waals surface area contributed by atoms with E-state index in [1.807, 2.05) is 33.8 Å². The molecular weight excluding hydrogens is 276 g/mol. The van der Waals surface area contributed by atoms with Crippen molar-refractivity contribution in [2.75, 3.05) is 11.9 Å². The van der Waals surface area contributed by atoms with Gasteiger partial charge in [-0.2, -0.15) is 0 Å². The number of carbonyl (C=O) groups is 2. The van der Waals surface area contributed by atoms with E-state index in [1.54, 1.807) is 6.07 Å². The molecule has 2 N–H and O–H groups in total. The fourth-order valence-electron chi connectivity index (χ4n) is 1.88. The maximum Gasteiger partial charge on any atom is 0.243 e. The van der Waals surface area contributed by atoms with Gasteiger partial charge in [-0.1, -0.05) is 31.5 Å². The number of nitrogens with one attached hydrogen (secondary N) is 2. The lowest BCUT2D eigenvalue weighted by molar-refractivity contribution is -0.124. The van der Waals surface area contributed by atoms with E-state index >= 15 is 0 Å². The minimum Gasteiger partial charge on any atom is -0.347 e. The molecule has 0 unspecified atom stereocenters. The molecule has 110 valence electrons. The van der Waals surface area contributed by atoms with Crippen LogP contribution in [0.2, 0.25) is 5.02 Å². The Morgan fingerprint density at radius 1 is 1.20 bits per heavy atom. The van der Waals surface area contributed by atoms with Gasteiger partial charge >= 0.3 is 0 Å². The number of benzene rings is 1. The zero-order chi connectivity index (χ0) is 15.3. The molecule has 0 saturated heterocycles. The molecule has 0 aliphatic heterocycles. The van der Waals surface area contributed by atoms with Crippen LogP contribution >= 0.6 is 11.6 Å². The van der Waals surface area contributed by atoms with Crippen molar-refractivity contribution >= 4 is 29.1 Å². The summed E-state index contributed by atoms with van der Waals surface area (Å²) in [6.45, 7) is 7.68. The first kappa shape index (κ1) is 16.5. The van der Waals surface area contributed by atoms with Crippen molar-refractivity contribution < 1.29 is 9.59 Å². The summed E-state index contributed by atoms with van der Waals surface area (Å²) in [5.41, 5.74) is 2.54. The van der Waals surface area contributed by atoms with Gasteiger partial charge in [0.25, 0.3) is 0 Å². The fourth-order valence-corrected chi connectivity index (χ4v) is 2.25. The Hall–Kier alpha value is -1.55. The van der Waals surface area contributed by atoms with Crippen LogP contribution in [0.25, 0.3) is 0 Å². The molecule has 0 atom stereocenters. The van der Waals surface area contributed by atoms with Crippen LogP contribution in [0.1, 0.15) is 31.4 Å². The van der Waals surface area contributed by atoms with Crippen LogP contribution in [0.15, 0.2) is 12.1 Å². The molecule has 0 radical (unpaired) electrons. The first-order valence-electron chi connectivity index (χ1n) is 6.63. The quantitative estimate of drug-likeness (QED) is 0.877. The van der Waals surface area contributed by atoms with E-state index in [0.717, 1.165) is 11.1 Å². The number of aryl methyl sites for hydroxylation is 2. The van der Waals surface area contributed by atoms with Crippen molar-refractivity contribution in [3.8, 4) is 0 Å². The van der Waals surface area contributed by atoms with Crippen LogP contribution in [-0.4, -0.2) is 18.4 Å². The largest absolute Gasteiger partial charge is 0.347 e. The maximum absolute atomic E-state index is 11.8. The number of hydrogen-bond donors (Lipinski definition) is 2. The van der Waals surface area contributed by atoms with E-state index in [0.29, 0.717) is 17.1 Å².